The van der Waals surface area contributed by atoms with Crippen LogP contribution in [0.5, 0.6) is 11.5 Å². The Morgan fingerprint density at radius 3 is 2.80 bits per heavy atom. The Labute approximate surface area is 120 Å². The SMILES string of the molecule is COc1cc(CNCCO)c(OC)c2c1CNC(C)C2. The standard InChI is InChI=1S/C15H24N2O3/c1-10-6-12-13(9-17-10)14(19-2)7-11(15(12)20-3)8-16-4-5-18/h7,10,16-18H,4-6,8-9H2,1-3H3. The van der Waals surface area contributed by atoms with Gasteiger partial charge in [0, 0.05) is 42.4 Å². The predicted octanol–water partition coefficient (Wildman–Crippen LogP) is 0.820. The zero-order valence-corrected chi connectivity index (χ0v) is 12.5. The zero-order chi connectivity index (χ0) is 14.5. The highest BCUT2D eigenvalue weighted by Gasteiger charge is 2.24. The minimum Gasteiger partial charge on any atom is -0.496 e. The lowest BCUT2D eigenvalue weighted by Gasteiger charge is -2.28. The smallest absolute Gasteiger partial charge is 0.127 e. The molecule has 0 aliphatic carbocycles. The summed E-state index contributed by atoms with van der Waals surface area (Å²) < 4.78 is 11.2. The molecule has 0 radical (unpaired) electrons. The Balaban J connectivity index is 2.38. The molecule has 1 aromatic carbocycles. The van der Waals surface area contributed by atoms with Crippen LogP contribution in [0.25, 0.3) is 0 Å². The number of rotatable bonds is 6. The van der Waals surface area contributed by atoms with Gasteiger partial charge in [0.2, 0.25) is 0 Å². The number of aliphatic hydroxyl groups is 1. The van der Waals surface area contributed by atoms with E-state index in [0.29, 0.717) is 19.1 Å². The highest BCUT2D eigenvalue weighted by molar-refractivity contribution is 5.55. The molecule has 1 atom stereocenters. The van der Waals surface area contributed by atoms with Gasteiger partial charge in [-0.1, -0.05) is 0 Å². The Morgan fingerprint density at radius 1 is 1.35 bits per heavy atom. The molecule has 5 nitrogen and oxygen atoms in total. The minimum atomic E-state index is 0.130. The van der Waals surface area contributed by atoms with E-state index in [1.165, 1.54) is 11.1 Å². The van der Waals surface area contributed by atoms with E-state index in [2.05, 4.69) is 17.6 Å². The van der Waals surface area contributed by atoms with Gasteiger partial charge in [-0.3, -0.25) is 0 Å². The van der Waals surface area contributed by atoms with Crippen molar-refractivity contribution in [2.24, 2.45) is 0 Å². The Morgan fingerprint density at radius 2 is 2.15 bits per heavy atom. The molecule has 0 spiro atoms. The number of methoxy groups -OCH3 is 2. The average Bonchev–Trinajstić information content (AvgIpc) is 2.46. The monoisotopic (exact) mass is 280 g/mol. The van der Waals surface area contributed by atoms with Crippen LogP contribution in [0.4, 0.5) is 0 Å². The van der Waals surface area contributed by atoms with E-state index in [9.17, 15) is 0 Å². The third-order valence-corrected chi connectivity index (χ3v) is 3.70. The van der Waals surface area contributed by atoms with Gasteiger partial charge in [0.15, 0.2) is 0 Å². The van der Waals surface area contributed by atoms with Crippen molar-refractivity contribution in [2.45, 2.75) is 32.5 Å². The second-order valence-electron chi connectivity index (χ2n) is 5.11. The van der Waals surface area contributed by atoms with Crippen molar-refractivity contribution in [3.63, 3.8) is 0 Å². The molecule has 0 aromatic heterocycles. The average molecular weight is 280 g/mol. The van der Waals surface area contributed by atoms with Crippen molar-refractivity contribution in [3.05, 3.63) is 22.8 Å². The lowest BCUT2D eigenvalue weighted by atomic mass is 9.92. The van der Waals surface area contributed by atoms with Crippen molar-refractivity contribution in [3.8, 4) is 11.5 Å². The van der Waals surface area contributed by atoms with Gasteiger partial charge >= 0.3 is 0 Å². The van der Waals surface area contributed by atoms with Crippen LogP contribution in [0.1, 0.15) is 23.6 Å². The molecular weight excluding hydrogens is 256 g/mol. The van der Waals surface area contributed by atoms with Crippen molar-refractivity contribution in [1.29, 1.82) is 0 Å². The van der Waals surface area contributed by atoms with Crippen LogP contribution < -0.4 is 20.1 Å². The van der Waals surface area contributed by atoms with Crippen LogP contribution in [0, 0.1) is 0 Å². The van der Waals surface area contributed by atoms with Gasteiger partial charge in [0.1, 0.15) is 11.5 Å². The van der Waals surface area contributed by atoms with Gasteiger partial charge in [-0.2, -0.15) is 0 Å². The molecule has 2 rings (SSSR count). The van der Waals surface area contributed by atoms with Crippen LogP contribution in [-0.2, 0) is 19.5 Å². The molecule has 0 saturated carbocycles. The van der Waals surface area contributed by atoms with Gasteiger partial charge in [-0.15, -0.1) is 0 Å². The van der Waals surface area contributed by atoms with E-state index in [0.717, 1.165) is 30.0 Å². The second kappa shape index (κ2) is 6.92. The molecule has 0 amide bonds. The van der Waals surface area contributed by atoms with Gasteiger partial charge in [-0.05, 0) is 19.4 Å². The number of nitrogens with one attached hydrogen (secondary N) is 2. The van der Waals surface area contributed by atoms with E-state index in [1.54, 1.807) is 14.2 Å². The second-order valence-corrected chi connectivity index (χ2v) is 5.11. The molecule has 5 heteroatoms. The minimum absolute atomic E-state index is 0.130. The number of aliphatic hydroxyl groups excluding tert-OH is 1. The molecule has 0 bridgehead atoms. The first kappa shape index (κ1) is 15.1. The summed E-state index contributed by atoms with van der Waals surface area (Å²) in [5, 5.41) is 15.5. The van der Waals surface area contributed by atoms with Gasteiger partial charge in [0.05, 0.1) is 20.8 Å². The van der Waals surface area contributed by atoms with E-state index in [1.807, 2.05) is 6.07 Å². The van der Waals surface area contributed by atoms with Crippen molar-refractivity contribution in [1.82, 2.24) is 10.6 Å². The quantitative estimate of drug-likeness (QED) is 0.673. The molecule has 3 N–H and O–H groups in total. The van der Waals surface area contributed by atoms with Crippen LogP contribution >= 0.6 is 0 Å². The van der Waals surface area contributed by atoms with Crippen molar-refractivity contribution >= 4 is 0 Å². The molecule has 1 aromatic rings. The maximum absolute atomic E-state index is 8.87. The summed E-state index contributed by atoms with van der Waals surface area (Å²) in [6.45, 7) is 4.34. The zero-order valence-electron chi connectivity index (χ0n) is 12.5. The molecule has 1 aliphatic rings. The predicted molar refractivity (Wildman–Crippen MR) is 78.3 cm³/mol. The fourth-order valence-electron chi connectivity index (χ4n) is 2.72. The molecule has 112 valence electrons. The van der Waals surface area contributed by atoms with E-state index >= 15 is 0 Å². The summed E-state index contributed by atoms with van der Waals surface area (Å²) in [5.74, 6) is 1.85. The lowest BCUT2D eigenvalue weighted by Crippen LogP contribution is -2.33. The number of benzene rings is 1. The summed E-state index contributed by atoms with van der Waals surface area (Å²) in [6, 6.07) is 2.46. The van der Waals surface area contributed by atoms with Crippen LogP contribution in [0.3, 0.4) is 0 Å². The Bertz CT molecular complexity index is 463. The third kappa shape index (κ3) is 3.06. The van der Waals surface area contributed by atoms with E-state index in [4.69, 9.17) is 14.6 Å². The number of hydrogen-bond donors (Lipinski definition) is 3. The highest BCUT2D eigenvalue weighted by atomic mass is 16.5. The summed E-state index contributed by atoms with van der Waals surface area (Å²) in [7, 11) is 3.41. The number of ether oxygens (including phenoxy) is 2. The molecule has 1 heterocycles. The maximum atomic E-state index is 8.87. The summed E-state index contributed by atoms with van der Waals surface area (Å²) in [6.07, 6.45) is 0.933. The summed E-state index contributed by atoms with van der Waals surface area (Å²) >= 11 is 0. The first-order valence-corrected chi connectivity index (χ1v) is 7.01. The third-order valence-electron chi connectivity index (χ3n) is 3.70. The van der Waals surface area contributed by atoms with Crippen LogP contribution in [0.15, 0.2) is 6.07 Å². The Hall–Kier alpha value is -1.30. The lowest BCUT2D eigenvalue weighted by molar-refractivity contribution is 0.291. The van der Waals surface area contributed by atoms with Crippen molar-refractivity contribution in [2.75, 3.05) is 27.4 Å². The number of hydrogen-bond acceptors (Lipinski definition) is 5. The first-order valence-electron chi connectivity index (χ1n) is 7.01. The molecule has 0 fully saturated rings. The fraction of sp³-hybridized carbons (Fsp3) is 0.600. The first-order chi connectivity index (χ1) is 9.71. The van der Waals surface area contributed by atoms with Crippen LogP contribution in [-0.4, -0.2) is 38.5 Å². The molecule has 1 aliphatic heterocycles. The maximum Gasteiger partial charge on any atom is 0.127 e. The molecular formula is C15H24N2O3. The molecule has 20 heavy (non-hydrogen) atoms. The largest absolute Gasteiger partial charge is 0.496 e. The molecule has 1 unspecified atom stereocenters. The number of fused-ring (bicyclic) bond motifs is 1. The van der Waals surface area contributed by atoms with Gasteiger partial charge in [-0.25, -0.2) is 0 Å². The fourth-order valence-corrected chi connectivity index (χ4v) is 2.72. The summed E-state index contributed by atoms with van der Waals surface area (Å²) in [4.78, 5) is 0. The van der Waals surface area contributed by atoms with E-state index < -0.39 is 0 Å². The van der Waals surface area contributed by atoms with E-state index in [-0.39, 0.29) is 6.61 Å². The Kier molecular flexibility index (Phi) is 5.23. The van der Waals surface area contributed by atoms with Gasteiger partial charge in [0.25, 0.3) is 0 Å². The topological polar surface area (TPSA) is 62.8 Å². The van der Waals surface area contributed by atoms with Crippen LogP contribution in [0.2, 0.25) is 0 Å². The molecule has 0 saturated heterocycles. The normalized spacial score (nSPS) is 17.7. The summed E-state index contributed by atoms with van der Waals surface area (Å²) in [5.41, 5.74) is 3.50. The highest BCUT2D eigenvalue weighted by Crippen LogP contribution is 2.37. The van der Waals surface area contributed by atoms with Crippen molar-refractivity contribution < 1.29 is 14.6 Å². The van der Waals surface area contributed by atoms with Gasteiger partial charge < -0.3 is 25.2 Å².